The number of urea groups is 1. The lowest BCUT2D eigenvalue weighted by molar-refractivity contribution is -0.138. The van der Waals surface area contributed by atoms with Gasteiger partial charge in [0.25, 0.3) is 0 Å². The molecule has 1 rings (SSSR count). The van der Waals surface area contributed by atoms with Crippen LogP contribution in [0.15, 0.2) is 0 Å². The molecule has 0 radical (unpaired) electrons. The van der Waals surface area contributed by atoms with Crippen LogP contribution in [0.3, 0.4) is 0 Å². The number of hydrogen-bond acceptors (Lipinski definition) is 2. The van der Waals surface area contributed by atoms with Crippen molar-refractivity contribution in [1.29, 1.82) is 0 Å². The summed E-state index contributed by atoms with van der Waals surface area (Å²) in [6.07, 6.45) is 2.84. The summed E-state index contributed by atoms with van der Waals surface area (Å²) < 4.78 is 0. The quantitative estimate of drug-likeness (QED) is 0.853. The highest BCUT2D eigenvalue weighted by atomic mass is 16.4. The maximum absolute atomic E-state index is 12.4. The van der Waals surface area contributed by atoms with Crippen molar-refractivity contribution in [2.24, 2.45) is 5.92 Å². The Hall–Kier alpha value is -1.26. The number of hydrogen-bond donors (Lipinski definition) is 1. The number of carbonyl (C=O) groups excluding carboxylic acids is 1. The molecule has 0 aromatic rings. The fourth-order valence-electron chi connectivity index (χ4n) is 2.36. The van der Waals surface area contributed by atoms with Crippen molar-refractivity contribution in [3.05, 3.63) is 0 Å². The summed E-state index contributed by atoms with van der Waals surface area (Å²) in [4.78, 5) is 26.8. The minimum atomic E-state index is -0.776. The van der Waals surface area contributed by atoms with Crippen LogP contribution in [0.5, 0.6) is 0 Å². The van der Waals surface area contributed by atoms with Gasteiger partial charge in [0.05, 0.1) is 0 Å². The first-order chi connectivity index (χ1) is 8.77. The Morgan fingerprint density at radius 2 is 2.05 bits per heavy atom. The topological polar surface area (TPSA) is 60.9 Å². The van der Waals surface area contributed by atoms with Crippen molar-refractivity contribution in [2.45, 2.75) is 52.0 Å². The van der Waals surface area contributed by atoms with Gasteiger partial charge in [-0.05, 0) is 39.0 Å². The highest BCUT2D eigenvalue weighted by Crippen LogP contribution is 2.23. The molecule has 0 spiro atoms. The van der Waals surface area contributed by atoms with E-state index >= 15 is 0 Å². The number of nitrogens with zero attached hydrogens (tertiary/aromatic N) is 2. The summed E-state index contributed by atoms with van der Waals surface area (Å²) in [6, 6.07) is 0.0157. The van der Waals surface area contributed by atoms with E-state index in [1.54, 1.807) is 9.80 Å². The molecule has 1 heterocycles. The van der Waals surface area contributed by atoms with Gasteiger partial charge in [0.2, 0.25) is 0 Å². The van der Waals surface area contributed by atoms with Crippen LogP contribution in [0, 0.1) is 5.92 Å². The molecule has 5 nitrogen and oxygen atoms in total. The third-order valence-corrected chi connectivity index (χ3v) is 4.31. The average molecular weight is 270 g/mol. The van der Waals surface area contributed by atoms with E-state index in [9.17, 15) is 9.59 Å². The van der Waals surface area contributed by atoms with Crippen molar-refractivity contribution in [3.8, 4) is 0 Å². The second kappa shape index (κ2) is 6.26. The predicted octanol–water partition coefficient (Wildman–Crippen LogP) is 2.41. The molecule has 19 heavy (non-hydrogen) atoms. The average Bonchev–Trinajstić information content (AvgIpc) is 2.36. The van der Waals surface area contributed by atoms with Gasteiger partial charge >= 0.3 is 12.0 Å². The molecule has 110 valence electrons. The number of rotatable bonds is 4. The van der Waals surface area contributed by atoms with Crippen LogP contribution in [-0.4, -0.2) is 52.6 Å². The smallest absolute Gasteiger partial charge is 0.320 e. The standard InChI is InChI=1S/C14H26N2O3/c1-5-14(2,3)15(4)13(19)16-8-6-7-11(10-16)9-12(17)18/h11H,5-10H2,1-4H3,(H,17,18). The number of piperidine rings is 1. The van der Waals surface area contributed by atoms with Crippen molar-refractivity contribution in [2.75, 3.05) is 20.1 Å². The molecule has 1 fully saturated rings. The largest absolute Gasteiger partial charge is 0.481 e. The summed E-state index contributed by atoms with van der Waals surface area (Å²) in [5, 5.41) is 8.85. The second-order valence-corrected chi connectivity index (χ2v) is 6.06. The minimum absolute atomic E-state index is 0.0157. The maximum atomic E-state index is 12.4. The van der Waals surface area contributed by atoms with Crippen LogP contribution < -0.4 is 0 Å². The lowest BCUT2D eigenvalue weighted by Gasteiger charge is -2.41. The summed E-state index contributed by atoms with van der Waals surface area (Å²) in [6.45, 7) is 7.45. The Bertz CT molecular complexity index is 342. The van der Waals surface area contributed by atoms with Crippen LogP contribution in [0.1, 0.15) is 46.5 Å². The third-order valence-electron chi connectivity index (χ3n) is 4.31. The van der Waals surface area contributed by atoms with Gasteiger partial charge in [-0.25, -0.2) is 4.79 Å². The molecule has 1 aliphatic heterocycles. The monoisotopic (exact) mass is 270 g/mol. The fraction of sp³-hybridized carbons (Fsp3) is 0.857. The number of carbonyl (C=O) groups is 2. The van der Waals surface area contributed by atoms with E-state index in [-0.39, 0.29) is 23.9 Å². The Morgan fingerprint density at radius 3 is 2.58 bits per heavy atom. The third kappa shape index (κ3) is 4.11. The highest BCUT2D eigenvalue weighted by molar-refractivity contribution is 5.75. The molecule has 1 saturated heterocycles. The van der Waals surface area contributed by atoms with Gasteiger partial charge in [0.1, 0.15) is 0 Å². The van der Waals surface area contributed by atoms with Gasteiger partial charge in [-0.2, -0.15) is 0 Å². The number of carboxylic acid groups (broad SMARTS) is 1. The van der Waals surface area contributed by atoms with Gasteiger partial charge in [-0.15, -0.1) is 0 Å². The van der Waals surface area contributed by atoms with Gasteiger partial charge in [-0.3, -0.25) is 4.79 Å². The first kappa shape index (κ1) is 15.8. The van der Waals surface area contributed by atoms with E-state index in [0.29, 0.717) is 6.54 Å². The molecule has 0 aliphatic carbocycles. The summed E-state index contributed by atoms with van der Waals surface area (Å²) >= 11 is 0. The van der Waals surface area contributed by atoms with E-state index in [0.717, 1.165) is 25.8 Å². The molecule has 1 aliphatic rings. The molecule has 2 amide bonds. The summed E-state index contributed by atoms with van der Waals surface area (Å²) in [5.74, 6) is -0.685. The first-order valence-electron chi connectivity index (χ1n) is 7.02. The fourth-order valence-corrected chi connectivity index (χ4v) is 2.36. The van der Waals surface area contributed by atoms with Crippen LogP contribution >= 0.6 is 0 Å². The van der Waals surface area contributed by atoms with Crippen molar-refractivity contribution >= 4 is 12.0 Å². The van der Waals surface area contributed by atoms with Gasteiger partial charge in [0, 0.05) is 32.1 Å². The number of amides is 2. The van der Waals surface area contributed by atoms with E-state index < -0.39 is 5.97 Å². The van der Waals surface area contributed by atoms with Crippen LogP contribution in [0.2, 0.25) is 0 Å². The Labute approximate surface area is 115 Å². The molecule has 0 aromatic carbocycles. The second-order valence-electron chi connectivity index (χ2n) is 6.06. The zero-order chi connectivity index (χ0) is 14.6. The summed E-state index contributed by atoms with van der Waals surface area (Å²) in [7, 11) is 1.83. The molecule has 1 unspecified atom stereocenters. The first-order valence-corrected chi connectivity index (χ1v) is 7.02. The van der Waals surface area contributed by atoms with E-state index in [1.165, 1.54) is 0 Å². The molecule has 0 bridgehead atoms. The van der Waals surface area contributed by atoms with Gasteiger partial charge in [-0.1, -0.05) is 6.92 Å². The van der Waals surface area contributed by atoms with Crippen molar-refractivity contribution in [1.82, 2.24) is 9.80 Å². The zero-order valence-electron chi connectivity index (χ0n) is 12.5. The molecule has 5 heteroatoms. The SMILES string of the molecule is CCC(C)(C)N(C)C(=O)N1CCCC(CC(=O)O)C1. The van der Waals surface area contributed by atoms with Crippen LogP contribution in [0.25, 0.3) is 0 Å². The Balaban J connectivity index is 2.64. The molecule has 1 atom stereocenters. The summed E-state index contributed by atoms with van der Waals surface area (Å²) in [5.41, 5.74) is -0.170. The van der Waals surface area contributed by atoms with Gasteiger partial charge < -0.3 is 14.9 Å². The number of likely N-dealkylation sites (tertiary alicyclic amines) is 1. The lowest BCUT2D eigenvalue weighted by atomic mass is 9.94. The van der Waals surface area contributed by atoms with E-state index in [4.69, 9.17) is 5.11 Å². The van der Waals surface area contributed by atoms with Crippen LogP contribution in [0.4, 0.5) is 4.79 Å². The normalized spacial score (nSPS) is 20.2. The molecular formula is C14H26N2O3. The Morgan fingerprint density at radius 1 is 1.42 bits per heavy atom. The van der Waals surface area contributed by atoms with Crippen molar-refractivity contribution < 1.29 is 14.7 Å². The lowest BCUT2D eigenvalue weighted by Crippen LogP contribution is -2.53. The molecule has 0 saturated carbocycles. The van der Waals surface area contributed by atoms with E-state index in [1.807, 2.05) is 20.9 Å². The van der Waals surface area contributed by atoms with Crippen LogP contribution in [-0.2, 0) is 4.79 Å². The molecular weight excluding hydrogens is 244 g/mol. The van der Waals surface area contributed by atoms with Crippen molar-refractivity contribution in [3.63, 3.8) is 0 Å². The number of aliphatic carboxylic acids is 1. The zero-order valence-corrected chi connectivity index (χ0v) is 12.5. The van der Waals surface area contributed by atoms with Gasteiger partial charge in [0.15, 0.2) is 0 Å². The maximum Gasteiger partial charge on any atom is 0.320 e. The number of carboxylic acids is 1. The predicted molar refractivity (Wildman–Crippen MR) is 74.1 cm³/mol. The molecule has 0 aromatic heterocycles. The highest BCUT2D eigenvalue weighted by Gasteiger charge is 2.32. The Kier molecular flexibility index (Phi) is 5.20. The minimum Gasteiger partial charge on any atom is -0.481 e. The molecule has 1 N–H and O–H groups in total. The van der Waals surface area contributed by atoms with E-state index in [2.05, 4.69) is 6.92 Å².